The van der Waals surface area contributed by atoms with Crippen LogP contribution in [-0.2, 0) is 10.5 Å². The summed E-state index contributed by atoms with van der Waals surface area (Å²) >= 11 is 1.33. The van der Waals surface area contributed by atoms with E-state index in [-0.39, 0.29) is 16.7 Å². The van der Waals surface area contributed by atoms with Gasteiger partial charge in [0.05, 0.1) is 0 Å². The summed E-state index contributed by atoms with van der Waals surface area (Å²) in [6, 6.07) is 10.1. The van der Waals surface area contributed by atoms with Crippen LogP contribution in [0.25, 0.3) is 0 Å². The quantitative estimate of drug-likeness (QED) is 0.605. The molecule has 2 aromatic carbocycles. The van der Waals surface area contributed by atoms with E-state index in [9.17, 15) is 18.0 Å². The number of hydrogen-bond acceptors (Lipinski definition) is 4. The van der Waals surface area contributed by atoms with Crippen LogP contribution in [0.2, 0.25) is 0 Å². The third-order valence-corrected chi connectivity index (χ3v) is 5.46. The van der Waals surface area contributed by atoms with Gasteiger partial charge in [-0.05, 0) is 60.5 Å². The fourth-order valence-electron chi connectivity index (χ4n) is 2.22. The van der Waals surface area contributed by atoms with Crippen LogP contribution in [0.15, 0.2) is 46.2 Å². The van der Waals surface area contributed by atoms with E-state index < -0.39 is 18.1 Å². The second-order valence-electron chi connectivity index (χ2n) is 5.51. The summed E-state index contributed by atoms with van der Waals surface area (Å²) in [7, 11) is 0. The average molecular weight is 402 g/mol. The van der Waals surface area contributed by atoms with Gasteiger partial charge in [-0.25, -0.2) is 4.79 Å². The van der Waals surface area contributed by atoms with E-state index in [1.165, 1.54) is 17.8 Å². The number of rotatable bonds is 7. The molecule has 0 unspecified atom stereocenters. The summed E-state index contributed by atoms with van der Waals surface area (Å²) in [5, 5.41) is 8.70. The van der Waals surface area contributed by atoms with E-state index in [0.29, 0.717) is 17.1 Å². The molecule has 2 aromatic rings. The van der Waals surface area contributed by atoms with Gasteiger partial charge < -0.3 is 9.84 Å². The molecular weight excluding hydrogens is 385 g/mol. The fraction of sp³-hybridized carbons (Fsp3) is 0.278. The summed E-state index contributed by atoms with van der Waals surface area (Å²) in [4.78, 5) is 11.7. The van der Waals surface area contributed by atoms with Crippen molar-refractivity contribution in [3.05, 3.63) is 53.1 Å². The Morgan fingerprint density at radius 2 is 1.81 bits per heavy atom. The summed E-state index contributed by atoms with van der Waals surface area (Å²) in [5.41, 5.74) is -2.06. The number of hydrogen-bond donors (Lipinski definition) is 1. The van der Waals surface area contributed by atoms with Crippen molar-refractivity contribution in [3.63, 3.8) is 0 Å². The molecule has 0 radical (unpaired) electrons. The molecule has 0 aromatic heterocycles. The summed E-state index contributed by atoms with van der Waals surface area (Å²) in [6.07, 6.45) is 0. The maximum atomic E-state index is 12.7. The van der Waals surface area contributed by atoms with Gasteiger partial charge in [0, 0.05) is 15.5 Å². The van der Waals surface area contributed by atoms with E-state index in [1.54, 1.807) is 31.2 Å². The summed E-state index contributed by atoms with van der Waals surface area (Å²) in [5.74, 6) is -0.170. The standard InChI is InChI=1S/C18H17F3O3S2/c1-11-8-16(12(2)7-14(11)24-9-17(22)23)25-10-13-5-3-4-6-15(13)26-18(19,20)21/h3-8H,9-10H2,1-2H3,(H,22,23). The van der Waals surface area contributed by atoms with Crippen LogP contribution in [0.5, 0.6) is 5.75 Å². The zero-order chi connectivity index (χ0) is 19.3. The van der Waals surface area contributed by atoms with Crippen LogP contribution in [0.1, 0.15) is 16.7 Å². The normalized spacial score (nSPS) is 11.4. The first-order valence-electron chi connectivity index (χ1n) is 7.58. The number of carboxylic acids is 1. The summed E-state index contributed by atoms with van der Waals surface area (Å²) < 4.78 is 43.3. The number of halogens is 3. The molecule has 1 N–H and O–H groups in total. The molecule has 8 heteroatoms. The fourth-order valence-corrected chi connectivity index (χ4v) is 4.08. The van der Waals surface area contributed by atoms with Crippen LogP contribution in [0.3, 0.4) is 0 Å². The minimum atomic E-state index is -4.32. The van der Waals surface area contributed by atoms with Crippen molar-refractivity contribution < 1.29 is 27.8 Å². The van der Waals surface area contributed by atoms with Crippen LogP contribution < -0.4 is 4.74 Å². The largest absolute Gasteiger partial charge is 0.482 e. The van der Waals surface area contributed by atoms with Crippen molar-refractivity contribution in [1.29, 1.82) is 0 Å². The molecule has 0 aliphatic rings. The number of aryl methyl sites for hydroxylation is 2. The van der Waals surface area contributed by atoms with E-state index >= 15 is 0 Å². The Balaban J connectivity index is 2.13. The van der Waals surface area contributed by atoms with Gasteiger partial charge in [0.15, 0.2) is 6.61 Å². The SMILES string of the molecule is Cc1cc(SCc2ccccc2SC(F)(F)F)c(C)cc1OCC(=O)O. The lowest BCUT2D eigenvalue weighted by Crippen LogP contribution is -2.10. The zero-order valence-corrected chi connectivity index (χ0v) is 15.7. The van der Waals surface area contributed by atoms with E-state index in [1.807, 2.05) is 13.0 Å². The lowest BCUT2D eigenvalue weighted by Gasteiger charge is -2.14. The Morgan fingerprint density at radius 1 is 1.12 bits per heavy atom. The highest BCUT2D eigenvalue weighted by molar-refractivity contribution is 8.00. The Bertz CT molecular complexity index is 792. The molecular formula is C18H17F3O3S2. The maximum Gasteiger partial charge on any atom is 0.446 e. The van der Waals surface area contributed by atoms with Crippen LogP contribution in [0.4, 0.5) is 13.2 Å². The lowest BCUT2D eigenvalue weighted by atomic mass is 10.1. The zero-order valence-electron chi connectivity index (χ0n) is 14.1. The Hall–Kier alpha value is -1.80. The molecule has 0 heterocycles. The molecule has 3 nitrogen and oxygen atoms in total. The maximum absolute atomic E-state index is 12.7. The van der Waals surface area contributed by atoms with Gasteiger partial charge in [0.2, 0.25) is 0 Å². The van der Waals surface area contributed by atoms with Gasteiger partial charge >= 0.3 is 11.5 Å². The molecule has 140 valence electrons. The molecule has 0 spiro atoms. The minimum absolute atomic E-state index is 0.107. The first-order valence-corrected chi connectivity index (χ1v) is 9.38. The van der Waals surface area contributed by atoms with Gasteiger partial charge in [-0.2, -0.15) is 13.2 Å². The van der Waals surface area contributed by atoms with Gasteiger partial charge in [0.1, 0.15) is 5.75 Å². The highest BCUT2D eigenvalue weighted by atomic mass is 32.2. The highest BCUT2D eigenvalue weighted by Gasteiger charge is 2.30. The van der Waals surface area contributed by atoms with Crippen molar-refractivity contribution in [2.45, 2.75) is 34.9 Å². The third kappa shape index (κ3) is 6.17. The first-order chi connectivity index (χ1) is 12.2. The molecule has 0 atom stereocenters. The van der Waals surface area contributed by atoms with Gasteiger partial charge in [0.25, 0.3) is 0 Å². The number of carbonyl (C=O) groups is 1. The molecule has 0 aliphatic carbocycles. The second-order valence-corrected chi connectivity index (χ2v) is 7.63. The molecule has 0 amide bonds. The molecule has 0 fully saturated rings. The number of benzene rings is 2. The van der Waals surface area contributed by atoms with Crippen molar-refractivity contribution in [1.82, 2.24) is 0 Å². The Labute approximate surface area is 157 Å². The molecule has 26 heavy (non-hydrogen) atoms. The number of aliphatic carboxylic acids is 1. The predicted molar refractivity (Wildman–Crippen MR) is 97.0 cm³/mol. The minimum Gasteiger partial charge on any atom is -0.482 e. The van der Waals surface area contributed by atoms with Crippen molar-refractivity contribution in [3.8, 4) is 5.75 Å². The topological polar surface area (TPSA) is 46.5 Å². The average Bonchev–Trinajstić information content (AvgIpc) is 2.53. The second kappa shape index (κ2) is 8.73. The molecule has 2 rings (SSSR count). The van der Waals surface area contributed by atoms with Gasteiger partial charge in [-0.1, -0.05) is 18.2 Å². The molecule has 0 saturated carbocycles. The Morgan fingerprint density at radius 3 is 2.46 bits per heavy atom. The molecule has 0 aliphatic heterocycles. The van der Waals surface area contributed by atoms with Crippen LogP contribution >= 0.6 is 23.5 Å². The smallest absolute Gasteiger partial charge is 0.446 e. The van der Waals surface area contributed by atoms with Crippen LogP contribution in [-0.4, -0.2) is 23.2 Å². The predicted octanol–water partition coefficient (Wildman–Crippen LogP) is 5.67. The lowest BCUT2D eigenvalue weighted by molar-refractivity contribution is -0.139. The first kappa shape index (κ1) is 20.5. The van der Waals surface area contributed by atoms with Crippen molar-refractivity contribution in [2.75, 3.05) is 6.61 Å². The monoisotopic (exact) mass is 402 g/mol. The van der Waals surface area contributed by atoms with Crippen LogP contribution in [0, 0.1) is 13.8 Å². The number of ether oxygens (including phenoxy) is 1. The Kier molecular flexibility index (Phi) is 6.88. The van der Waals surface area contributed by atoms with Gasteiger partial charge in [-0.15, -0.1) is 11.8 Å². The summed E-state index contributed by atoms with van der Waals surface area (Å²) in [6.45, 7) is 3.23. The van der Waals surface area contributed by atoms with Crippen molar-refractivity contribution in [2.24, 2.45) is 0 Å². The molecule has 0 saturated heterocycles. The number of carboxylic acid groups (broad SMARTS) is 1. The third-order valence-electron chi connectivity index (χ3n) is 3.41. The highest BCUT2D eigenvalue weighted by Crippen LogP contribution is 2.40. The van der Waals surface area contributed by atoms with Crippen molar-refractivity contribution >= 4 is 29.5 Å². The molecule has 0 bridgehead atoms. The van der Waals surface area contributed by atoms with E-state index in [0.717, 1.165) is 16.0 Å². The van der Waals surface area contributed by atoms with E-state index in [4.69, 9.17) is 9.84 Å². The van der Waals surface area contributed by atoms with Gasteiger partial charge in [-0.3, -0.25) is 0 Å². The number of thioether (sulfide) groups is 2. The number of alkyl halides is 3. The van der Waals surface area contributed by atoms with E-state index in [2.05, 4.69) is 0 Å².